The Bertz CT molecular complexity index is 418. The van der Waals surface area contributed by atoms with E-state index in [-0.39, 0.29) is 17.3 Å². The van der Waals surface area contributed by atoms with Crippen molar-refractivity contribution in [2.75, 3.05) is 17.7 Å². The fraction of sp³-hybridized carbons (Fsp3) is 0.500. The lowest BCUT2D eigenvalue weighted by Crippen LogP contribution is -2.33. The van der Waals surface area contributed by atoms with Gasteiger partial charge in [0.1, 0.15) is 5.82 Å². The smallest absolute Gasteiger partial charge is 0.337 e. The van der Waals surface area contributed by atoms with Crippen molar-refractivity contribution in [1.29, 1.82) is 0 Å². The number of carboxylic acid groups (broad SMARTS) is 1. The van der Waals surface area contributed by atoms with Crippen molar-refractivity contribution in [3.8, 4) is 0 Å². The summed E-state index contributed by atoms with van der Waals surface area (Å²) < 4.78 is 0. The molecule has 5 nitrogen and oxygen atoms in total. The zero-order valence-electron chi connectivity index (χ0n) is 10.6. The summed E-state index contributed by atoms with van der Waals surface area (Å²) >= 11 is 0. The topological polar surface area (TPSA) is 79.5 Å². The number of aromatic carboxylic acids is 1. The lowest BCUT2D eigenvalue weighted by molar-refractivity contribution is 0.0698. The fourth-order valence-corrected chi connectivity index (χ4v) is 1.49. The molecule has 0 spiro atoms. The number of pyridine rings is 1. The Morgan fingerprint density at radius 2 is 2.06 bits per heavy atom. The van der Waals surface area contributed by atoms with Gasteiger partial charge in [0.15, 0.2) is 0 Å². The number of carboxylic acids is 1. The number of aromatic nitrogens is 1. The second-order valence-electron chi connectivity index (χ2n) is 4.53. The lowest BCUT2D eigenvalue weighted by atomic mass is 10.1. The van der Waals surface area contributed by atoms with Gasteiger partial charge in [0.2, 0.25) is 0 Å². The van der Waals surface area contributed by atoms with E-state index in [1.165, 1.54) is 12.3 Å². The van der Waals surface area contributed by atoms with E-state index in [9.17, 15) is 4.79 Å². The van der Waals surface area contributed by atoms with Crippen molar-refractivity contribution < 1.29 is 9.90 Å². The average Bonchev–Trinajstić information content (AvgIpc) is 2.27. The average molecular weight is 237 g/mol. The van der Waals surface area contributed by atoms with Gasteiger partial charge in [0.25, 0.3) is 0 Å². The first kappa shape index (κ1) is 13.3. The monoisotopic (exact) mass is 237 g/mol. The van der Waals surface area contributed by atoms with E-state index in [1.807, 2.05) is 11.9 Å². The van der Waals surface area contributed by atoms with E-state index in [4.69, 9.17) is 10.8 Å². The molecule has 3 N–H and O–H groups in total. The molecule has 0 fully saturated rings. The van der Waals surface area contributed by atoms with Gasteiger partial charge in [-0.3, -0.25) is 0 Å². The van der Waals surface area contributed by atoms with Crippen molar-refractivity contribution >= 4 is 17.5 Å². The summed E-state index contributed by atoms with van der Waals surface area (Å²) in [5.41, 5.74) is 5.85. The van der Waals surface area contributed by atoms with Gasteiger partial charge >= 0.3 is 5.97 Å². The lowest BCUT2D eigenvalue weighted by Gasteiger charge is -2.29. The van der Waals surface area contributed by atoms with Crippen LogP contribution in [0.15, 0.2) is 12.3 Å². The molecule has 0 bridgehead atoms. The summed E-state index contributed by atoms with van der Waals surface area (Å²) in [7, 11) is 1.90. The van der Waals surface area contributed by atoms with Crippen LogP contribution in [-0.2, 0) is 0 Å². The third-order valence-electron chi connectivity index (χ3n) is 3.09. The Labute approximate surface area is 101 Å². The summed E-state index contributed by atoms with van der Waals surface area (Å²) in [4.78, 5) is 17.1. The molecule has 1 aromatic rings. The number of hydrogen-bond donors (Lipinski definition) is 2. The molecule has 1 heterocycles. The van der Waals surface area contributed by atoms with Crippen LogP contribution in [0.1, 0.15) is 31.1 Å². The van der Waals surface area contributed by atoms with Crippen molar-refractivity contribution in [2.45, 2.75) is 26.8 Å². The molecule has 0 aliphatic carbocycles. The molecular weight excluding hydrogens is 218 g/mol. The highest BCUT2D eigenvalue weighted by Gasteiger charge is 2.17. The predicted molar refractivity (Wildman–Crippen MR) is 68.3 cm³/mol. The largest absolute Gasteiger partial charge is 0.478 e. The highest BCUT2D eigenvalue weighted by molar-refractivity contribution is 5.94. The van der Waals surface area contributed by atoms with Crippen LogP contribution in [0.25, 0.3) is 0 Å². The maximum absolute atomic E-state index is 11.0. The summed E-state index contributed by atoms with van der Waals surface area (Å²) in [5, 5.41) is 8.99. The summed E-state index contributed by atoms with van der Waals surface area (Å²) in [6.07, 6.45) is 1.39. The first-order chi connectivity index (χ1) is 7.84. The zero-order valence-corrected chi connectivity index (χ0v) is 10.6. The van der Waals surface area contributed by atoms with Gasteiger partial charge in [-0.05, 0) is 18.9 Å². The molecule has 1 rings (SSSR count). The molecule has 1 atom stereocenters. The van der Waals surface area contributed by atoms with Gasteiger partial charge in [-0.2, -0.15) is 0 Å². The molecule has 17 heavy (non-hydrogen) atoms. The molecule has 0 saturated heterocycles. The third kappa shape index (κ3) is 2.87. The van der Waals surface area contributed by atoms with Gasteiger partial charge in [-0.25, -0.2) is 9.78 Å². The van der Waals surface area contributed by atoms with Crippen LogP contribution in [-0.4, -0.2) is 29.1 Å². The van der Waals surface area contributed by atoms with Crippen molar-refractivity contribution in [2.24, 2.45) is 5.92 Å². The fourth-order valence-electron chi connectivity index (χ4n) is 1.49. The molecule has 0 aromatic carbocycles. The second kappa shape index (κ2) is 5.03. The van der Waals surface area contributed by atoms with Crippen LogP contribution in [0.5, 0.6) is 0 Å². The van der Waals surface area contributed by atoms with Crippen LogP contribution >= 0.6 is 0 Å². The minimum atomic E-state index is -1.03. The predicted octanol–water partition coefficient (Wildman–Crippen LogP) is 1.84. The number of hydrogen-bond acceptors (Lipinski definition) is 4. The Balaban J connectivity index is 3.07. The summed E-state index contributed by atoms with van der Waals surface area (Å²) in [6, 6.07) is 1.78. The van der Waals surface area contributed by atoms with Crippen LogP contribution < -0.4 is 10.6 Å². The Morgan fingerprint density at radius 3 is 2.53 bits per heavy atom. The molecule has 1 unspecified atom stereocenters. The van der Waals surface area contributed by atoms with Crippen LogP contribution in [0.4, 0.5) is 11.5 Å². The Kier molecular flexibility index (Phi) is 3.93. The molecular formula is C12H19N3O2. The first-order valence-corrected chi connectivity index (χ1v) is 5.56. The number of nitrogens with two attached hydrogens (primary N) is 1. The normalized spacial score (nSPS) is 12.5. The van der Waals surface area contributed by atoms with E-state index < -0.39 is 5.97 Å². The van der Waals surface area contributed by atoms with Crippen molar-refractivity contribution in [3.05, 3.63) is 17.8 Å². The number of rotatable bonds is 4. The molecule has 94 valence electrons. The van der Waals surface area contributed by atoms with Crippen LogP contribution in [0.2, 0.25) is 0 Å². The van der Waals surface area contributed by atoms with E-state index in [2.05, 4.69) is 25.8 Å². The highest BCUT2D eigenvalue weighted by atomic mass is 16.4. The zero-order chi connectivity index (χ0) is 13.2. The number of anilines is 2. The van der Waals surface area contributed by atoms with E-state index >= 15 is 0 Å². The van der Waals surface area contributed by atoms with Crippen molar-refractivity contribution in [1.82, 2.24) is 4.98 Å². The SMILES string of the molecule is CC(C)C(C)N(C)c1cc(C(=O)O)c(N)cn1. The Hall–Kier alpha value is -1.78. The molecule has 1 aromatic heterocycles. The van der Waals surface area contributed by atoms with Gasteiger partial charge < -0.3 is 15.7 Å². The second-order valence-corrected chi connectivity index (χ2v) is 4.53. The van der Waals surface area contributed by atoms with Crippen LogP contribution in [0.3, 0.4) is 0 Å². The number of nitrogens with zero attached hydrogens (tertiary/aromatic N) is 2. The Morgan fingerprint density at radius 1 is 1.47 bits per heavy atom. The third-order valence-corrected chi connectivity index (χ3v) is 3.09. The maximum Gasteiger partial charge on any atom is 0.337 e. The van der Waals surface area contributed by atoms with E-state index in [1.54, 1.807) is 0 Å². The number of carbonyl (C=O) groups is 1. The molecule has 0 aliphatic heterocycles. The minimum Gasteiger partial charge on any atom is -0.478 e. The maximum atomic E-state index is 11.0. The summed E-state index contributed by atoms with van der Waals surface area (Å²) in [5.74, 6) is 0.0437. The number of nitrogen functional groups attached to an aromatic ring is 1. The first-order valence-electron chi connectivity index (χ1n) is 5.56. The molecule has 0 saturated carbocycles. The molecule has 5 heteroatoms. The molecule has 0 radical (unpaired) electrons. The molecule has 0 amide bonds. The van der Waals surface area contributed by atoms with E-state index in [0.717, 1.165) is 0 Å². The molecule has 0 aliphatic rings. The van der Waals surface area contributed by atoms with Gasteiger partial charge in [0.05, 0.1) is 17.4 Å². The minimum absolute atomic E-state index is 0.0952. The van der Waals surface area contributed by atoms with Crippen molar-refractivity contribution in [3.63, 3.8) is 0 Å². The van der Waals surface area contributed by atoms with Crippen LogP contribution in [0, 0.1) is 5.92 Å². The van der Waals surface area contributed by atoms with E-state index in [0.29, 0.717) is 11.7 Å². The standard InChI is InChI=1S/C12H19N3O2/c1-7(2)8(3)15(4)11-5-9(12(16)17)10(13)6-14-11/h5-8H,13H2,1-4H3,(H,16,17). The highest BCUT2D eigenvalue weighted by Crippen LogP contribution is 2.21. The van der Waals surface area contributed by atoms with Gasteiger partial charge in [0, 0.05) is 13.1 Å². The quantitative estimate of drug-likeness (QED) is 0.835. The van der Waals surface area contributed by atoms with Gasteiger partial charge in [-0.1, -0.05) is 13.8 Å². The van der Waals surface area contributed by atoms with Gasteiger partial charge in [-0.15, -0.1) is 0 Å². The summed E-state index contributed by atoms with van der Waals surface area (Å²) in [6.45, 7) is 6.29.